The standard InChI is InChI=1S/C10H21NO3S/c1-8(6-12)9(2)11-10(13)7-15-5-4-14-3/h8-9,12H,4-7H2,1-3H3,(H,11,13). The molecule has 0 spiro atoms. The minimum Gasteiger partial charge on any atom is -0.396 e. The van der Waals surface area contributed by atoms with E-state index < -0.39 is 0 Å². The summed E-state index contributed by atoms with van der Waals surface area (Å²) in [6.07, 6.45) is 0. The number of aliphatic hydroxyl groups excluding tert-OH is 1. The lowest BCUT2D eigenvalue weighted by Gasteiger charge is -2.18. The van der Waals surface area contributed by atoms with Crippen LogP contribution in [-0.2, 0) is 9.53 Å². The van der Waals surface area contributed by atoms with Gasteiger partial charge in [0, 0.05) is 25.5 Å². The van der Waals surface area contributed by atoms with Crippen LogP contribution >= 0.6 is 11.8 Å². The Kier molecular flexibility index (Phi) is 8.85. The number of aliphatic hydroxyl groups is 1. The highest BCUT2D eigenvalue weighted by Gasteiger charge is 2.13. The van der Waals surface area contributed by atoms with Crippen molar-refractivity contribution < 1.29 is 14.6 Å². The van der Waals surface area contributed by atoms with Gasteiger partial charge in [0.05, 0.1) is 12.4 Å². The van der Waals surface area contributed by atoms with Crippen molar-refractivity contribution >= 4 is 17.7 Å². The van der Waals surface area contributed by atoms with E-state index in [0.717, 1.165) is 5.75 Å². The zero-order valence-corrected chi connectivity index (χ0v) is 10.5. The molecular weight excluding hydrogens is 214 g/mol. The van der Waals surface area contributed by atoms with Gasteiger partial charge in [-0.25, -0.2) is 0 Å². The van der Waals surface area contributed by atoms with Crippen molar-refractivity contribution in [2.45, 2.75) is 19.9 Å². The summed E-state index contributed by atoms with van der Waals surface area (Å²) in [5.41, 5.74) is 0. The first-order valence-corrected chi connectivity index (χ1v) is 6.24. The van der Waals surface area contributed by atoms with E-state index in [2.05, 4.69) is 5.32 Å². The van der Waals surface area contributed by atoms with Gasteiger partial charge in [-0.2, -0.15) is 0 Å². The molecule has 0 aromatic rings. The summed E-state index contributed by atoms with van der Waals surface area (Å²) in [6.45, 7) is 4.57. The molecule has 15 heavy (non-hydrogen) atoms. The molecule has 4 nitrogen and oxygen atoms in total. The molecule has 0 bridgehead atoms. The first-order valence-electron chi connectivity index (χ1n) is 5.08. The van der Waals surface area contributed by atoms with Gasteiger partial charge in [-0.3, -0.25) is 4.79 Å². The monoisotopic (exact) mass is 235 g/mol. The number of nitrogens with one attached hydrogen (secondary N) is 1. The quantitative estimate of drug-likeness (QED) is 0.602. The van der Waals surface area contributed by atoms with E-state index in [9.17, 15) is 4.79 Å². The Hall–Kier alpha value is -0.260. The topological polar surface area (TPSA) is 58.6 Å². The second kappa shape index (κ2) is 9.00. The third-order valence-corrected chi connectivity index (χ3v) is 3.12. The third-order valence-electron chi connectivity index (χ3n) is 2.20. The fraction of sp³-hybridized carbons (Fsp3) is 0.900. The summed E-state index contributed by atoms with van der Waals surface area (Å²) in [4.78, 5) is 11.4. The molecule has 5 heteroatoms. The molecule has 90 valence electrons. The maximum atomic E-state index is 11.4. The largest absolute Gasteiger partial charge is 0.396 e. The molecule has 0 saturated carbocycles. The summed E-state index contributed by atoms with van der Waals surface area (Å²) in [7, 11) is 1.64. The van der Waals surface area contributed by atoms with E-state index in [1.165, 1.54) is 0 Å². The number of amides is 1. The molecule has 0 aliphatic heterocycles. The molecule has 0 fully saturated rings. The number of thioether (sulfide) groups is 1. The lowest BCUT2D eigenvalue weighted by Crippen LogP contribution is -2.39. The fourth-order valence-corrected chi connectivity index (χ4v) is 1.60. The van der Waals surface area contributed by atoms with E-state index in [1.807, 2.05) is 13.8 Å². The van der Waals surface area contributed by atoms with Crippen LogP contribution in [0, 0.1) is 5.92 Å². The van der Waals surface area contributed by atoms with Crippen molar-refractivity contribution in [1.29, 1.82) is 0 Å². The summed E-state index contributed by atoms with van der Waals surface area (Å²) in [5, 5.41) is 11.7. The molecule has 2 N–H and O–H groups in total. The zero-order valence-electron chi connectivity index (χ0n) is 9.66. The van der Waals surface area contributed by atoms with Crippen molar-refractivity contribution in [3.8, 4) is 0 Å². The maximum Gasteiger partial charge on any atom is 0.230 e. The van der Waals surface area contributed by atoms with Gasteiger partial charge in [0.1, 0.15) is 0 Å². The lowest BCUT2D eigenvalue weighted by molar-refractivity contribution is -0.119. The molecule has 0 aromatic carbocycles. The number of ether oxygens (including phenoxy) is 1. The smallest absolute Gasteiger partial charge is 0.230 e. The van der Waals surface area contributed by atoms with Crippen molar-refractivity contribution in [2.75, 3.05) is 31.8 Å². The highest BCUT2D eigenvalue weighted by atomic mass is 32.2. The molecule has 0 radical (unpaired) electrons. The minimum absolute atomic E-state index is 0.0175. The Bertz CT molecular complexity index is 178. The van der Waals surface area contributed by atoms with E-state index >= 15 is 0 Å². The SMILES string of the molecule is COCCSCC(=O)NC(C)C(C)CO. The molecule has 0 aromatic heterocycles. The van der Waals surface area contributed by atoms with Crippen LogP contribution in [0.4, 0.5) is 0 Å². The van der Waals surface area contributed by atoms with Gasteiger partial charge in [-0.1, -0.05) is 6.92 Å². The predicted molar refractivity (Wildman–Crippen MR) is 63.1 cm³/mol. The van der Waals surface area contributed by atoms with Crippen LogP contribution in [0.3, 0.4) is 0 Å². The summed E-state index contributed by atoms with van der Waals surface area (Å²) < 4.78 is 4.87. The average molecular weight is 235 g/mol. The Labute approximate surface area is 95.8 Å². The van der Waals surface area contributed by atoms with Gasteiger partial charge in [0.15, 0.2) is 0 Å². The number of hydrogen-bond acceptors (Lipinski definition) is 4. The predicted octanol–water partition coefficient (Wildman–Crippen LogP) is 0.499. The zero-order chi connectivity index (χ0) is 11.7. The minimum atomic E-state index is 0.0175. The Morgan fingerprint density at radius 3 is 2.73 bits per heavy atom. The van der Waals surface area contributed by atoms with E-state index in [1.54, 1.807) is 18.9 Å². The number of hydrogen-bond donors (Lipinski definition) is 2. The van der Waals surface area contributed by atoms with Crippen LogP contribution in [0.25, 0.3) is 0 Å². The summed E-state index contributed by atoms with van der Waals surface area (Å²) in [6, 6.07) is 0.0190. The summed E-state index contributed by atoms with van der Waals surface area (Å²) in [5.74, 6) is 1.39. The molecule has 0 aliphatic carbocycles. The fourth-order valence-electron chi connectivity index (χ4n) is 0.903. The molecular formula is C10H21NO3S. The number of carbonyl (C=O) groups is 1. The average Bonchev–Trinajstić information content (AvgIpc) is 2.23. The molecule has 0 aliphatic rings. The second-order valence-corrected chi connectivity index (χ2v) is 4.67. The summed E-state index contributed by atoms with van der Waals surface area (Å²) >= 11 is 1.55. The van der Waals surface area contributed by atoms with Gasteiger partial charge in [-0.15, -0.1) is 11.8 Å². The number of carbonyl (C=O) groups excluding carboxylic acids is 1. The van der Waals surface area contributed by atoms with Crippen molar-refractivity contribution in [1.82, 2.24) is 5.32 Å². The molecule has 0 heterocycles. The Morgan fingerprint density at radius 1 is 1.53 bits per heavy atom. The van der Waals surface area contributed by atoms with Crippen molar-refractivity contribution in [2.24, 2.45) is 5.92 Å². The van der Waals surface area contributed by atoms with Gasteiger partial charge >= 0.3 is 0 Å². The molecule has 1 amide bonds. The maximum absolute atomic E-state index is 11.4. The Morgan fingerprint density at radius 2 is 2.20 bits per heavy atom. The van der Waals surface area contributed by atoms with Gasteiger partial charge in [-0.05, 0) is 12.8 Å². The first-order chi connectivity index (χ1) is 7.11. The van der Waals surface area contributed by atoms with Crippen molar-refractivity contribution in [3.05, 3.63) is 0 Å². The van der Waals surface area contributed by atoms with E-state index in [0.29, 0.717) is 12.4 Å². The van der Waals surface area contributed by atoms with Crippen LogP contribution in [0.1, 0.15) is 13.8 Å². The van der Waals surface area contributed by atoms with Crippen LogP contribution in [0.2, 0.25) is 0 Å². The number of rotatable bonds is 8. The van der Waals surface area contributed by atoms with E-state index in [-0.39, 0.29) is 24.5 Å². The first kappa shape index (κ1) is 14.7. The lowest BCUT2D eigenvalue weighted by atomic mass is 10.1. The normalized spacial score (nSPS) is 14.7. The van der Waals surface area contributed by atoms with E-state index in [4.69, 9.17) is 9.84 Å². The molecule has 0 rings (SSSR count). The number of methoxy groups -OCH3 is 1. The van der Waals surface area contributed by atoms with Gasteiger partial charge < -0.3 is 15.2 Å². The highest BCUT2D eigenvalue weighted by molar-refractivity contribution is 7.99. The highest BCUT2D eigenvalue weighted by Crippen LogP contribution is 2.03. The van der Waals surface area contributed by atoms with Crippen LogP contribution < -0.4 is 5.32 Å². The van der Waals surface area contributed by atoms with Gasteiger partial charge in [0.2, 0.25) is 5.91 Å². The van der Waals surface area contributed by atoms with Crippen LogP contribution in [0.5, 0.6) is 0 Å². The van der Waals surface area contributed by atoms with Crippen LogP contribution in [0.15, 0.2) is 0 Å². The van der Waals surface area contributed by atoms with Crippen LogP contribution in [-0.4, -0.2) is 48.9 Å². The molecule has 2 atom stereocenters. The molecule has 2 unspecified atom stereocenters. The van der Waals surface area contributed by atoms with Crippen molar-refractivity contribution in [3.63, 3.8) is 0 Å². The van der Waals surface area contributed by atoms with Gasteiger partial charge in [0.25, 0.3) is 0 Å². The Balaban J connectivity index is 3.55. The second-order valence-electron chi connectivity index (χ2n) is 3.56. The third kappa shape index (κ3) is 7.64. The molecule has 0 saturated heterocycles.